The van der Waals surface area contributed by atoms with Crippen molar-refractivity contribution in [1.29, 1.82) is 0 Å². The van der Waals surface area contributed by atoms with Gasteiger partial charge in [-0.2, -0.15) is 0 Å². The smallest absolute Gasteiger partial charge is 0.276 e. The number of aromatic nitrogens is 4. The zero-order valence-corrected chi connectivity index (χ0v) is 14.3. The number of fused-ring (bicyclic) bond motifs is 3. The van der Waals surface area contributed by atoms with Crippen LogP contribution in [0.25, 0.3) is 26.1 Å². The average molecular weight is 337 g/mol. The summed E-state index contributed by atoms with van der Waals surface area (Å²) >= 11 is 1.38. The summed E-state index contributed by atoms with van der Waals surface area (Å²) in [7, 11) is 3.94. The first-order valence-corrected chi connectivity index (χ1v) is 8.27. The molecule has 0 aromatic carbocycles. The van der Waals surface area contributed by atoms with E-state index < -0.39 is 0 Å². The Hall–Kier alpha value is -2.80. The minimum absolute atomic E-state index is 0.0987. The maximum atomic E-state index is 12.9. The summed E-state index contributed by atoms with van der Waals surface area (Å²) in [6, 6.07) is 5.68. The molecule has 0 fully saturated rings. The van der Waals surface area contributed by atoms with Crippen LogP contribution in [0.5, 0.6) is 0 Å². The summed E-state index contributed by atoms with van der Waals surface area (Å²) in [6.07, 6.45) is 5.01. The van der Waals surface area contributed by atoms with Crippen molar-refractivity contribution in [3.63, 3.8) is 0 Å². The maximum absolute atomic E-state index is 12.9. The van der Waals surface area contributed by atoms with Gasteiger partial charge in [-0.15, -0.1) is 11.3 Å². The Bertz CT molecular complexity index is 1110. The molecule has 0 spiro atoms. The Morgan fingerprint density at radius 2 is 1.96 bits per heavy atom. The minimum Gasteiger partial charge on any atom is -0.377 e. The van der Waals surface area contributed by atoms with E-state index in [1.54, 1.807) is 18.7 Å². The fraction of sp³-hybridized carbons (Fsp3) is 0.176. The molecule has 7 heteroatoms. The van der Waals surface area contributed by atoms with Crippen LogP contribution in [0, 0.1) is 6.92 Å². The summed E-state index contributed by atoms with van der Waals surface area (Å²) < 4.78 is 2.13. The van der Waals surface area contributed by atoms with Crippen molar-refractivity contribution in [2.75, 3.05) is 19.0 Å². The second-order valence-corrected chi connectivity index (χ2v) is 6.76. The molecule has 0 aliphatic carbocycles. The van der Waals surface area contributed by atoms with Crippen LogP contribution in [0.15, 0.2) is 41.7 Å². The molecule has 4 aromatic rings. The largest absolute Gasteiger partial charge is 0.377 e. The van der Waals surface area contributed by atoms with Crippen molar-refractivity contribution in [3.05, 3.63) is 53.0 Å². The summed E-state index contributed by atoms with van der Waals surface area (Å²) in [5.74, 6) is 0. The lowest BCUT2D eigenvalue weighted by Crippen LogP contribution is -2.18. The third-order valence-electron chi connectivity index (χ3n) is 3.92. The molecule has 0 bridgehead atoms. The summed E-state index contributed by atoms with van der Waals surface area (Å²) in [4.78, 5) is 29.0. The van der Waals surface area contributed by atoms with E-state index in [-0.39, 0.29) is 5.56 Å². The molecule has 120 valence electrons. The van der Waals surface area contributed by atoms with Crippen LogP contribution < -0.4 is 10.5 Å². The number of aryl methyl sites for hydroxylation is 1. The number of rotatable bonds is 2. The Kier molecular flexibility index (Phi) is 3.31. The topological polar surface area (TPSA) is 63.9 Å². The number of anilines is 1. The second-order valence-electron chi connectivity index (χ2n) is 5.76. The fourth-order valence-electron chi connectivity index (χ4n) is 2.70. The number of nitrogens with zero attached hydrogens (tertiary/aromatic N) is 5. The second kappa shape index (κ2) is 5.38. The van der Waals surface area contributed by atoms with Gasteiger partial charge in [0, 0.05) is 26.0 Å². The minimum atomic E-state index is -0.0987. The molecule has 0 aliphatic rings. The van der Waals surface area contributed by atoms with Crippen LogP contribution in [0.2, 0.25) is 0 Å². The predicted molar refractivity (Wildman–Crippen MR) is 97.4 cm³/mol. The van der Waals surface area contributed by atoms with Gasteiger partial charge < -0.3 is 4.90 Å². The lowest BCUT2D eigenvalue weighted by atomic mass is 10.2. The van der Waals surface area contributed by atoms with E-state index in [1.807, 2.05) is 44.1 Å². The van der Waals surface area contributed by atoms with Crippen LogP contribution >= 0.6 is 11.3 Å². The van der Waals surface area contributed by atoms with Gasteiger partial charge in [0.1, 0.15) is 15.9 Å². The third-order valence-corrected chi connectivity index (χ3v) is 4.99. The normalized spacial score (nSPS) is 11.3. The summed E-state index contributed by atoms with van der Waals surface area (Å²) in [5, 5.41) is 0.925. The quantitative estimate of drug-likeness (QED) is 0.563. The van der Waals surface area contributed by atoms with Crippen molar-refractivity contribution < 1.29 is 0 Å². The molecule has 6 nitrogen and oxygen atoms in total. The molecular weight excluding hydrogens is 322 g/mol. The Morgan fingerprint density at radius 1 is 1.12 bits per heavy atom. The summed E-state index contributed by atoms with van der Waals surface area (Å²) in [6.45, 7) is 1.91. The van der Waals surface area contributed by atoms with Crippen molar-refractivity contribution in [1.82, 2.24) is 19.5 Å². The average Bonchev–Trinajstić information content (AvgIpc) is 2.96. The number of hydrogen-bond acceptors (Lipinski definition) is 6. The molecule has 0 saturated heterocycles. The molecule has 0 radical (unpaired) electrons. The van der Waals surface area contributed by atoms with Gasteiger partial charge in [-0.1, -0.05) is 0 Å². The lowest BCUT2D eigenvalue weighted by Gasteiger charge is -2.13. The molecule has 4 rings (SSSR count). The van der Waals surface area contributed by atoms with E-state index in [0.717, 1.165) is 21.6 Å². The van der Waals surface area contributed by atoms with Gasteiger partial charge in [-0.05, 0) is 25.1 Å². The van der Waals surface area contributed by atoms with E-state index in [1.165, 1.54) is 15.9 Å². The highest BCUT2D eigenvalue weighted by Gasteiger charge is 2.16. The molecule has 0 amide bonds. The van der Waals surface area contributed by atoms with E-state index >= 15 is 0 Å². The van der Waals surface area contributed by atoms with Crippen molar-refractivity contribution in [3.8, 4) is 5.69 Å². The van der Waals surface area contributed by atoms with Gasteiger partial charge in [0.15, 0.2) is 0 Å². The third kappa shape index (κ3) is 2.16. The molecule has 0 saturated carbocycles. The first-order valence-electron chi connectivity index (χ1n) is 7.45. The van der Waals surface area contributed by atoms with Crippen molar-refractivity contribution in [2.24, 2.45) is 0 Å². The number of pyridine rings is 2. The van der Waals surface area contributed by atoms with Gasteiger partial charge in [-0.3, -0.25) is 14.3 Å². The van der Waals surface area contributed by atoms with Crippen LogP contribution in [0.3, 0.4) is 0 Å². The van der Waals surface area contributed by atoms with Gasteiger partial charge in [0.2, 0.25) is 0 Å². The molecule has 4 heterocycles. The van der Waals surface area contributed by atoms with Crippen molar-refractivity contribution in [2.45, 2.75) is 6.92 Å². The zero-order valence-electron chi connectivity index (χ0n) is 13.5. The highest BCUT2D eigenvalue weighted by molar-refractivity contribution is 7.25. The highest BCUT2D eigenvalue weighted by atomic mass is 32.1. The van der Waals surface area contributed by atoms with Gasteiger partial charge >= 0.3 is 0 Å². The van der Waals surface area contributed by atoms with Crippen molar-refractivity contribution >= 4 is 37.5 Å². The molecule has 0 atom stereocenters. The molecule has 0 aliphatic heterocycles. The van der Waals surface area contributed by atoms with Crippen LogP contribution in [0.4, 0.5) is 5.69 Å². The maximum Gasteiger partial charge on any atom is 0.276 e. The molecule has 0 unspecified atom stereocenters. The Labute approximate surface area is 142 Å². The van der Waals surface area contributed by atoms with E-state index in [0.29, 0.717) is 15.9 Å². The predicted octanol–water partition coefficient (Wildman–Crippen LogP) is 2.76. The van der Waals surface area contributed by atoms with Gasteiger partial charge in [-0.25, -0.2) is 9.97 Å². The number of hydrogen-bond donors (Lipinski definition) is 0. The first kappa shape index (κ1) is 14.8. The fourth-order valence-corrected chi connectivity index (χ4v) is 3.74. The van der Waals surface area contributed by atoms with E-state index in [9.17, 15) is 4.79 Å². The first-order chi connectivity index (χ1) is 11.6. The molecule has 4 aromatic heterocycles. The Morgan fingerprint density at radius 3 is 2.67 bits per heavy atom. The zero-order chi connectivity index (χ0) is 16.8. The van der Waals surface area contributed by atoms with E-state index in [2.05, 4.69) is 15.0 Å². The lowest BCUT2D eigenvalue weighted by molar-refractivity contribution is 0.953. The van der Waals surface area contributed by atoms with Gasteiger partial charge in [0.25, 0.3) is 5.56 Å². The van der Waals surface area contributed by atoms with E-state index in [4.69, 9.17) is 0 Å². The molecule has 24 heavy (non-hydrogen) atoms. The highest BCUT2D eigenvalue weighted by Crippen LogP contribution is 2.35. The Balaban J connectivity index is 2.04. The molecular formula is C17H15N5OS. The van der Waals surface area contributed by atoms with Crippen LogP contribution in [0.1, 0.15) is 5.69 Å². The number of thiophene rings is 1. The SMILES string of the molecule is Cc1ccc(-n2cnc3c(sc4nccc(N(C)C)c43)c2=O)cn1. The standard InChI is InChI=1S/C17H15N5OS/c1-10-4-5-11(8-19-10)22-9-20-14-13-12(21(2)3)6-7-18-16(13)24-15(14)17(22)23/h4-9H,1-3H3. The molecule has 0 N–H and O–H groups in total. The van der Waals surface area contributed by atoms with Crippen LogP contribution in [-0.4, -0.2) is 33.6 Å². The van der Waals surface area contributed by atoms with Crippen LogP contribution in [-0.2, 0) is 0 Å². The monoisotopic (exact) mass is 337 g/mol. The van der Waals surface area contributed by atoms with Gasteiger partial charge in [0.05, 0.1) is 28.5 Å². The summed E-state index contributed by atoms with van der Waals surface area (Å²) in [5.41, 5.74) is 3.22.